The molecule has 1 spiro atoms. The molecular formula is C27H27NO9. The topological polar surface area (TPSA) is 102 Å². The van der Waals surface area contributed by atoms with Crippen molar-refractivity contribution in [2.45, 2.75) is 62.1 Å². The van der Waals surface area contributed by atoms with Crippen molar-refractivity contribution in [2.24, 2.45) is 0 Å². The van der Waals surface area contributed by atoms with Gasteiger partial charge >= 0.3 is 5.97 Å². The molecule has 2 aromatic carbocycles. The lowest BCUT2D eigenvalue weighted by Crippen LogP contribution is -2.74. The molecule has 0 radical (unpaired) electrons. The van der Waals surface area contributed by atoms with Crippen LogP contribution < -0.4 is 14.2 Å². The summed E-state index contributed by atoms with van der Waals surface area (Å²) in [5, 5.41) is 0. The fourth-order valence-corrected chi connectivity index (χ4v) is 6.81. The SMILES string of the molecule is COC(=O)[C@]12C[C@H]3O[C@@]1([C@@H]1OC(C)(C)O[C@@H]13)N(Cc1ccc(OC)cc1)C(=O)c1cc3c(cc12)OCO3. The number of hydrogen-bond donors (Lipinski definition) is 0. The Labute approximate surface area is 213 Å². The summed E-state index contributed by atoms with van der Waals surface area (Å²) in [6.45, 7) is 3.85. The standard InChI is InChI=1S/C27H27NO9/c1-25(2)36-21-20-11-26(24(30)32-4)17-10-19-18(33-13-34-19)9-16(17)23(29)28(27(26,35-20)22(21)37-25)12-14-5-7-15(31-3)8-6-14/h5-10,20-22H,11-13H2,1-4H3/t20-,21-,22-,26-,27-/m1/s1. The van der Waals surface area contributed by atoms with Crippen molar-refractivity contribution in [3.8, 4) is 17.2 Å². The zero-order chi connectivity index (χ0) is 25.7. The summed E-state index contributed by atoms with van der Waals surface area (Å²) in [6, 6.07) is 10.8. The van der Waals surface area contributed by atoms with Crippen LogP contribution in [0.5, 0.6) is 17.2 Å². The van der Waals surface area contributed by atoms with Crippen molar-refractivity contribution >= 4 is 11.9 Å². The Bertz CT molecular complexity index is 1320. The first-order chi connectivity index (χ1) is 17.7. The molecule has 5 heterocycles. The van der Waals surface area contributed by atoms with E-state index in [1.165, 1.54) is 7.11 Å². The molecule has 2 aromatic rings. The lowest BCUT2D eigenvalue weighted by atomic mass is 9.60. The van der Waals surface area contributed by atoms with Gasteiger partial charge in [0.2, 0.25) is 6.79 Å². The minimum atomic E-state index is -1.50. The first-order valence-corrected chi connectivity index (χ1v) is 12.2. The quantitative estimate of drug-likeness (QED) is 0.576. The summed E-state index contributed by atoms with van der Waals surface area (Å²) in [5.74, 6) is -0.109. The van der Waals surface area contributed by atoms with E-state index in [1.54, 1.807) is 24.1 Å². The maximum absolute atomic E-state index is 14.3. The highest BCUT2D eigenvalue weighted by Crippen LogP contribution is 2.66. The lowest BCUT2D eigenvalue weighted by molar-refractivity contribution is -0.237. The van der Waals surface area contributed by atoms with Gasteiger partial charge in [-0.2, -0.15) is 0 Å². The summed E-state index contributed by atoms with van der Waals surface area (Å²) in [6.07, 6.45) is -1.40. The van der Waals surface area contributed by atoms with Crippen LogP contribution in [0.25, 0.3) is 0 Å². The van der Waals surface area contributed by atoms with E-state index >= 15 is 0 Å². The second-order valence-corrected chi connectivity index (χ2v) is 10.5. The summed E-state index contributed by atoms with van der Waals surface area (Å²) in [7, 11) is 2.94. The van der Waals surface area contributed by atoms with E-state index in [-0.39, 0.29) is 25.7 Å². The van der Waals surface area contributed by atoms with Crippen molar-refractivity contribution in [3.05, 3.63) is 53.1 Å². The average Bonchev–Trinajstić information content (AvgIpc) is 3.64. The van der Waals surface area contributed by atoms with E-state index in [0.717, 1.165) is 5.56 Å². The van der Waals surface area contributed by atoms with Gasteiger partial charge in [-0.05, 0) is 49.2 Å². The molecule has 5 aliphatic heterocycles. The highest BCUT2D eigenvalue weighted by atomic mass is 16.8. The first-order valence-electron chi connectivity index (χ1n) is 12.2. The Balaban J connectivity index is 1.47. The third kappa shape index (κ3) is 2.75. The smallest absolute Gasteiger partial charge is 0.321 e. The van der Waals surface area contributed by atoms with Crippen molar-refractivity contribution in [3.63, 3.8) is 0 Å². The van der Waals surface area contributed by atoms with E-state index in [4.69, 9.17) is 33.2 Å². The minimum absolute atomic E-state index is 0.0350. The Kier molecular flexibility index (Phi) is 4.55. The normalized spacial score (nSPS) is 33.7. The van der Waals surface area contributed by atoms with Gasteiger partial charge in [0, 0.05) is 18.5 Å². The number of nitrogens with zero attached hydrogens (tertiary/aromatic N) is 1. The number of esters is 1. The molecule has 3 saturated heterocycles. The average molecular weight is 510 g/mol. The number of carbonyl (C=O) groups is 2. The Morgan fingerprint density at radius 3 is 2.49 bits per heavy atom. The molecule has 5 atom stereocenters. The molecule has 0 saturated carbocycles. The van der Waals surface area contributed by atoms with Gasteiger partial charge in [-0.1, -0.05) is 12.1 Å². The van der Waals surface area contributed by atoms with Crippen molar-refractivity contribution < 1.29 is 42.7 Å². The van der Waals surface area contributed by atoms with Crippen molar-refractivity contribution in [2.75, 3.05) is 21.0 Å². The lowest BCUT2D eigenvalue weighted by Gasteiger charge is -2.54. The van der Waals surface area contributed by atoms with E-state index in [0.29, 0.717) is 28.4 Å². The number of hydrogen-bond acceptors (Lipinski definition) is 9. The largest absolute Gasteiger partial charge is 0.497 e. The Morgan fingerprint density at radius 2 is 1.78 bits per heavy atom. The van der Waals surface area contributed by atoms with E-state index in [2.05, 4.69) is 0 Å². The van der Waals surface area contributed by atoms with Crippen molar-refractivity contribution in [1.29, 1.82) is 0 Å². The monoisotopic (exact) mass is 509 g/mol. The predicted octanol–water partition coefficient (Wildman–Crippen LogP) is 2.51. The molecule has 2 bridgehead atoms. The van der Waals surface area contributed by atoms with Crippen LogP contribution in [0.2, 0.25) is 0 Å². The molecule has 7 rings (SSSR count). The molecule has 0 aliphatic carbocycles. The molecular weight excluding hydrogens is 482 g/mol. The maximum Gasteiger partial charge on any atom is 0.321 e. The second kappa shape index (κ2) is 7.37. The molecule has 1 amide bonds. The highest BCUT2D eigenvalue weighted by Gasteiger charge is 2.83. The number of ether oxygens (including phenoxy) is 7. The molecule has 0 unspecified atom stereocenters. The van der Waals surface area contributed by atoms with E-state index in [1.807, 2.05) is 38.1 Å². The molecule has 0 N–H and O–H groups in total. The van der Waals surface area contributed by atoms with Crippen LogP contribution >= 0.6 is 0 Å². The van der Waals surface area contributed by atoms with Crippen LogP contribution in [0.15, 0.2) is 36.4 Å². The molecule has 37 heavy (non-hydrogen) atoms. The van der Waals surface area contributed by atoms with E-state index < -0.39 is 41.2 Å². The van der Waals surface area contributed by atoms with Gasteiger partial charge in [0.25, 0.3) is 5.91 Å². The fourth-order valence-electron chi connectivity index (χ4n) is 6.81. The summed E-state index contributed by atoms with van der Waals surface area (Å²) in [5.41, 5.74) is -1.19. The Hall–Kier alpha value is -3.34. The molecule has 194 valence electrons. The van der Waals surface area contributed by atoms with Crippen LogP contribution in [-0.2, 0) is 35.7 Å². The van der Waals surface area contributed by atoms with Crippen LogP contribution in [0.4, 0.5) is 0 Å². The number of fused-ring (bicyclic) bond motifs is 6. The highest BCUT2D eigenvalue weighted by molar-refractivity contribution is 6.04. The zero-order valence-corrected chi connectivity index (χ0v) is 20.9. The van der Waals surface area contributed by atoms with Gasteiger partial charge in [-0.3, -0.25) is 9.59 Å². The fraction of sp³-hybridized carbons (Fsp3) is 0.481. The second-order valence-electron chi connectivity index (χ2n) is 10.5. The predicted molar refractivity (Wildman–Crippen MR) is 125 cm³/mol. The molecule has 5 aliphatic rings. The number of carbonyl (C=O) groups excluding carboxylic acids is 2. The number of methoxy groups -OCH3 is 2. The minimum Gasteiger partial charge on any atom is -0.497 e. The third-order valence-electron chi connectivity index (χ3n) is 8.21. The van der Waals surface area contributed by atoms with Crippen LogP contribution in [-0.4, -0.2) is 67.6 Å². The molecule has 0 aromatic heterocycles. The van der Waals surface area contributed by atoms with E-state index in [9.17, 15) is 9.59 Å². The molecule has 3 fully saturated rings. The number of benzene rings is 2. The van der Waals surface area contributed by atoms with Crippen LogP contribution in [0.1, 0.15) is 41.8 Å². The molecule has 10 heteroatoms. The van der Waals surface area contributed by atoms with Gasteiger partial charge in [-0.15, -0.1) is 0 Å². The maximum atomic E-state index is 14.3. The summed E-state index contributed by atoms with van der Waals surface area (Å²) >= 11 is 0. The van der Waals surface area contributed by atoms with Gasteiger partial charge < -0.3 is 38.1 Å². The third-order valence-corrected chi connectivity index (χ3v) is 8.21. The zero-order valence-electron chi connectivity index (χ0n) is 20.9. The van der Waals surface area contributed by atoms with Gasteiger partial charge in [-0.25, -0.2) is 0 Å². The number of amides is 1. The molecule has 10 nitrogen and oxygen atoms in total. The van der Waals surface area contributed by atoms with Gasteiger partial charge in [0.05, 0.1) is 20.3 Å². The van der Waals surface area contributed by atoms with Crippen LogP contribution in [0.3, 0.4) is 0 Å². The van der Waals surface area contributed by atoms with Crippen LogP contribution in [0, 0.1) is 0 Å². The van der Waals surface area contributed by atoms with Crippen molar-refractivity contribution in [1.82, 2.24) is 4.90 Å². The van der Waals surface area contributed by atoms with Gasteiger partial charge in [0.15, 0.2) is 23.0 Å². The number of rotatable bonds is 4. The Morgan fingerprint density at radius 1 is 1.05 bits per heavy atom. The first kappa shape index (κ1) is 22.8. The van der Waals surface area contributed by atoms with Gasteiger partial charge in [0.1, 0.15) is 23.4 Å². The summed E-state index contributed by atoms with van der Waals surface area (Å²) in [4.78, 5) is 29.9. The summed E-state index contributed by atoms with van der Waals surface area (Å²) < 4.78 is 41.3.